The summed E-state index contributed by atoms with van der Waals surface area (Å²) >= 11 is 1.44. The van der Waals surface area contributed by atoms with Gasteiger partial charge in [-0.05, 0) is 62.7 Å². The summed E-state index contributed by atoms with van der Waals surface area (Å²) in [6.07, 6.45) is 0. The third-order valence-corrected chi connectivity index (χ3v) is 7.85. The number of nitrogens with zero attached hydrogens (tertiary/aromatic N) is 2. The number of carbonyl (C=O) groups is 2. The molecule has 1 spiro atoms. The summed E-state index contributed by atoms with van der Waals surface area (Å²) < 4.78 is 26.8. The molecule has 2 aliphatic rings. The van der Waals surface area contributed by atoms with Crippen molar-refractivity contribution in [3.05, 3.63) is 95.1 Å². The number of fused-ring (bicyclic) bond motifs is 2. The fourth-order valence-electron chi connectivity index (χ4n) is 4.80. The van der Waals surface area contributed by atoms with Crippen LogP contribution in [0.4, 0.5) is 25.0 Å². The summed E-state index contributed by atoms with van der Waals surface area (Å²) in [6.45, 7) is 6.52. The Labute approximate surface area is 207 Å². The maximum Gasteiger partial charge on any atom is 0.323 e. The minimum Gasteiger partial charge on any atom is -0.308 e. The van der Waals surface area contributed by atoms with Crippen LogP contribution in [0.3, 0.4) is 0 Å². The molecule has 2 heterocycles. The van der Waals surface area contributed by atoms with Gasteiger partial charge >= 0.3 is 6.03 Å². The predicted octanol–water partition coefficient (Wildman–Crippen LogP) is 6.03. The van der Waals surface area contributed by atoms with Gasteiger partial charge in [0, 0.05) is 22.5 Å². The zero-order chi connectivity index (χ0) is 25.0. The van der Waals surface area contributed by atoms with Crippen LogP contribution in [0.2, 0.25) is 0 Å². The molecule has 3 aromatic rings. The standard InChI is InChI=1S/C27H25F2N3O2S/c1-17-7-12-23-22(13-17)27(24(33)31(23)15-18-8-10-19(28)11-9-18)32(16-26(2,3)35-27)25(34)30-21-6-4-5-20(29)14-21/h4-14H,15-16H2,1-3H3,(H,30,34)/t27-/m0/s1. The van der Waals surface area contributed by atoms with Crippen molar-refractivity contribution in [3.63, 3.8) is 0 Å². The van der Waals surface area contributed by atoms with Crippen LogP contribution in [0.15, 0.2) is 66.7 Å². The molecule has 2 aliphatic heterocycles. The molecule has 8 heteroatoms. The second-order valence-electron chi connectivity index (χ2n) is 9.57. The van der Waals surface area contributed by atoms with Crippen molar-refractivity contribution < 1.29 is 18.4 Å². The predicted molar refractivity (Wildman–Crippen MR) is 134 cm³/mol. The number of rotatable bonds is 3. The van der Waals surface area contributed by atoms with Crippen LogP contribution < -0.4 is 10.2 Å². The summed E-state index contributed by atoms with van der Waals surface area (Å²) in [5, 5.41) is 2.77. The number of anilines is 2. The number of aryl methyl sites for hydroxylation is 1. The molecule has 0 aromatic heterocycles. The van der Waals surface area contributed by atoms with Gasteiger partial charge in [0.05, 0.1) is 12.2 Å². The van der Waals surface area contributed by atoms with E-state index in [0.717, 1.165) is 22.4 Å². The Morgan fingerprint density at radius 3 is 2.49 bits per heavy atom. The molecule has 1 saturated heterocycles. The number of benzene rings is 3. The van der Waals surface area contributed by atoms with Crippen molar-refractivity contribution in [3.8, 4) is 0 Å². The highest BCUT2D eigenvalue weighted by Gasteiger charge is 2.63. The van der Waals surface area contributed by atoms with E-state index in [1.54, 1.807) is 28.0 Å². The molecule has 0 aliphatic carbocycles. The van der Waals surface area contributed by atoms with Crippen LogP contribution in [0.1, 0.15) is 30.5 Å². The number of urea groups is 1. The molecule has 5 nitrogen and oxygen atoms in total. The van der Waals surface area contributed by atoms with Crippen LogP contribution in [-0.2, 0) is 16.2 Å². The Morgan fingerprint density at radius 2 is 1.77 bits per heavy atom. The first-order valence-corrected chi connectivity index (χ1v) is 12.1. The summed E-state index contributed by atoms with van der Waals surface area (Å²) in [5.41, 5.74) is 3.53. The number of halogens is 2. The van der Waals surface area contributed by atoms with Gasteiger partial charge in [-0.2, -0.15) is 0 Å². The topological polar surface area (TPSA) is 52.7 Å². The molecule has 180 valence electrons. The van der Waals surface area contributed by atoms with E-state index in [1.165, 1.54) is 42.1 Å². The number of hydrogen-bond acceptors (Lipinski definition) is 3. The van der Waals surface area contributed by atoms with Gasteiger partial charge in [-0.25, -0.2) is 13.6 Å². The van der Waals surface area contributed by atoms with E-state index in [0.29, 0.717) is 12.2 Å². The highest BCUT2D eigenvalue weighted by molar-refractivity contribution is 8.02. The molecule has 0 saturated carbocycles. The number of nitrogens with one attached hydrogen (secondary N) is 1. The quantitative estimate of drug-likeness (QED) is 0.485. The first kappa shape index (κ1) is 23.4. The first-order valence-electron chi connectivity index (χ1n) is 11.3. The molecule has 3 aromatic carbocycles. The molecular formula is C27H25F2N3O2S. The van der Waals surface area contributed by atoms with Crippen LogP contribution in [0.5, 0.6) is 0 Å². The Bertz CT molecular complexity index is 1330. The molecule has 1 fully saturated rings. The van der Waals surface area contributed by atoms with Gasteiger partial charge in [-0.1, -0.05) is 35.9 Å². The Balaban J connectivity index is 1.58. The zero-order valence-electron chi connectivity index (χ0n) is 19.6. The highest BCUT2D eigenvalue weighted by Crippen LogP contribution is 2.60. The first-order chi connectivity index (χ1) is 16.6. The molecule has 0 radical (unpaired) electrons. The monoisotopic (exact) mass is 493 g/mol. The molecule has 0 bridgehead atoms. The SMILES string of the molecule is Cc1ccc2c(c1)[C@]1(SC(C)(C)CN1C(=O)Nc1cccc(F)c1)C(=O)N2Cc1ccc(F)cc1. The van der Waals surface area contributed by atoms with Crippen molar-refractivity contribution in [1.82, 2.24) is 4.90 Å². The van der Waals surface area contributed by atoms with Crippen molar-refractivity contribution in [2.45, 2.75) is 36.9 Å². The van der Waals surface area contributed by atoms with Crippen molar-refractivity contribution in [1.29, 1.82) is 0 Å². The number of amides is 3. The highest BCUT2D eigenvalue weighted by atomic mass is 32.2. The van der Waals surface area contributed by atoms with E-state index in [4.69, 9.17) is 0 Å². The van der Waals surface area contributed by atoms with Gasteiger partial charge in [0.25, 0.3) is 5.91 Å². The van der Waals surface area contributed by atoms with E-state index in [9.17, 15) is 18.4 Å². The van der Waals surface area contributed by atoms with Crippen molar-refractivity contribution in [2.24, 2.45) is 0 Å². The Kier molecular flexibility index (Phi) is 5.59. The minimum atomic E-state index is -1.28. The molecule has 35 heavy (non-hydrogen) atoms. The summed E-state index contributed by atoms with van der Waals surface area (Å²) in [4.78, 5) is 29.8. The minimum absolute atomic E-state index is 0.229. The fourth-order valence-corrected chi connectivity index (χ4v) is 6.53. The summed E-state index contributed by atoms with van der Waals surface area (Å²) in [7, 11) is 0. The number of carbonyl (C=O) groups excluding carboxylic acids is 2. The van der Waals surface area contributed by atoms with Gasteiger partial charge in [-0.3, -0.25) is 9.69 Å². The third-order valence-electron chi connectivity index (χ3n) is 6.26. The van der Waals surface area contributed by atoms with Crippen LogP contribution in [0.25, 0.3) is 0 Å². The molecular weight excluding hydrogens is 468 g/mol. The van der Waals surface area contributed by atoms with Gasteiger partial charge in [0.15, 0.2) is 4.87 Å². The van der Waals surface area contributed by atoms with Crippen LogP contribution in [0, 0.1) is 18.6 Å². The zero-order valence-corrected chi connectivity index (χ0v) is 20.5. The Morgan fingerprint density at radius 1 is 1.03 bits per heavy atom. The molecule has 1 N–H and O–H groups in total. The third kappa shape index (κ3) is 4.05. The molecule has 0 unspecified atom stereocenters. The second-order valence-corrected chi connectivity index (χ2v) is 11.5. The lowest BCUT2D eigenvalue weighted by Crippen LogP contribution is -2.51. The van der Waals surface area contributed by atoms with Gasteiger partial charge in [0.1, 0.15) is 11.6 Å². The maximum absolute atomic E-state index is 14.2. The molecule has 1 atom stereocenters. The van der Waals surface area contributed by atoms with Crippen molar-refractivity contribution in [2.75, 3.05) is 16.8 Å². The van der Waals surface area contributed by atoms with E-state index >= 15 is 0 Å². The number of thioether (sulfide) groups is 1. The number of hydrogen-bond donors (Lipinski definition) is 1. The van der Waals surface area contributed by atoms with Gasteiger partial charge in [0.2, 0.25) is 0 Å². The summed E-state index contributed by atoms with van der Waals surface area (Å²) in [6, 6.07) is 17.0. The largest absolute Gasteiger partial charge is 0.323 e. The van der Waals surface area contributed by atoms with Gasteiger partial charge < -0.3 is 10.2 Å². The maximum atomic E-state index is 14.2. The van der Waals surface area contributed by atoms with Crippen molar-refractivity contribution >= 4 is 35.1 Å². The average Bonchev–Trinajstić information content (AvgIpc) is 3.21. The summed E-state index contributed by atoms with van der Waals surface area (Å²) in [5.74, 6) is -1.04. The lowest BCUT2D eigenvalue weighted by atomic mass is 10.0. The Hall–Kier alpha value is -3.39. The van der Waals surface area contributed by atoms with Gasteiger partial charge in [-0.15, -0.1) is 11.8 Å². The van der Waals surface area contributed by atoms with E-state index in [2.05, 4.69) is 5.32 Å². The van der Waals surface area contributed by atoms with Crippen LogP contribution >= 0.6 is 11.8 Å². The fraction of sp³-hybridized carbons (Fsp3) is 0.259. The van der Waals surface area contributed by atoms with E-state index < -0.39 is 21.5 Å². The second kappa shape index (κ2) is 8.37. The molecule has 5 rings (SSSR count). The lowest BCUT2D eigenvalue weighted by Gasteiger charge is -2.33. The lowest BCUT2D eigenvalue weighted by molar-refractivity contribution is -0.123. The normalized spacial score (nSPS) is 20.4. The smallest absolute Gasteiger partial charge is 0.308 e. The van der Waals surface area contributed by atoms with E-state index in [-0.39, 0.29) is 18.3 Å². The molecule has 3 amide bonds. The average molecular weight is 494 g/mol. The van der Waals surface area contributed by atoms with E-state index in [1.807, 2.05) is 39.0 Å². The van der Waals surface area contributed by atoms with Crippen LogP contribution in [-0.4, -0.2) is 28.1 Å².